The minimum atomic E-state index is -0.437. The number of carbonyl (C=O) groups is 2. The molecule has 0 bridgehead atoms. The minimum absolute atomic E-state index is 0.142. The molecule has 0 saturated carbocycles. The summed E-state index contributed by atoms with van der Waals surface area (Å²) < 4.78 is 17.7. The van der Waals surface area contributed by atoms with Crippen molar-refractivity contribution in [2.75, 3.05) is 13.2 Å². The van der Waals surface area contributed by atoms with E-state index in [1.54, 1.807) is 12.1 Å². The van der Waals surface area contributed by atoms with Gasteiger partial charge in [-0.25, -0.2) is 4.39 Å². The first-order valence-electron chi connectivity index (χ1n) is 7.75. The monoisotopic (exact) mass is 329 g/mol. The fraction of sp³-hybridized carbons (Fsp3) is 0.263. The molecule has 0 saturated heterocycles. The predicted molar refractivity (Wildman–Crippen MR) is 89.0 cm³/mol. The molecule has 4 nitrogen and oxygen atoms in total. The Balaban J connectivity index is 1.64. The third-order valence-corrected chi connectivity index (χ3v) is 3.48. The molecule has 0 spiro atoms. The molecule has 0 aliphatic carbocycles. The van der Waals surface area contributed by atoms with Crippen LogP contribution in [0.15, 0.2) is 48.5 Å². The van der Waals surface area contributed by atoms with E-state index in [4.69, 9.17) is 4.74 Å². The van der Waals surface area contributed by atoms with Crippen LogP contribution in [0.1, 0.15) is 16.7 Å². The molecule has 1 N–H and O–H groups in total. The SMILES string of the molecule is Cc1ccc(CC(=O)OCC(=O)NCCc2ccc(F)cc2)cc1. The topological polar surface area (TPSA) is 55.4 Å². The predicted octanol–water partition coefficient (Wildman–Crippen LogP) is 2.58. The Hall–Kier alpha value is -2.69. The van der Waals surface area contributed by atoms with E-state index in [0.29, 0.717) is 13.0 Å². The van der Waals surface area contributed by atoms with Crippen molar-refractivity contribution < 1.29 is 18.7 Å². The Morgan fingerprint density at radius 2 is 1.62 bits per heavy atom. The zero-order chi connectivity index (χ0) is 17.4. The summed E-state index contributed by atoms with van der Waals surface area (Å²) in [5.41, 5.74) is 2.89. The summed E-state index contributed by atoms with van der Waals surface area (Å²) in [6.45, 7) is 2.08. The number of hydrogen-bond acceptors (Lipinski definition) is 3. The maximum atomic E-state index is 12.8. The third-order valence-electron chi connectivity index (χ3n) is 3.48. The molecule has 126 valence electrons. The number of hydrogen-bond donors (Lipinski definition) is 1. The van der Waals surface area contributed by atoms with E-state index in [9.17, 15) is 14.0 Å². The summed E-state index contributed by atoms with van der Waals surface area (Å²) in [4.78, 5) is 23.3. The highest BCUT2D eigenvalue weighted by atomic mass is 19.1. The number of ether oxygens (including phenoxy) is 1. The Labute approximate surface area is 140 Å². The molecule has 2 aromatic carbocycles. The van der Waals surface area contributed by atoms with Crippen molar-refractivity contribution in [1.82, 2.24) is 5.32 Å². The maximum Gasteiger partial charge on any atom is 0.310 e. The summed E-state index contributed by atoms with van der Waals surface area (Å²) in [5.74, 6) is -1.08. The fourth-order valence-corrected chi connectivity index (χ4v) is 2.12. The molecule has 0 aliphatic heterocycles. The number of carbonyl (C=O) groups excluding carboxylic acids is 2. The Morgan fingerprint density at radius 3 is 2.29 bits per heavy atom. The Kier molecular flexibility index (Phi) is 6.49. The van der Waals surface area contributed by atoms with Crippen LogP contribution < -0.4 is 5.32 Å². The van der Waals surface area contributed by atoms with Gasteiger partial charge >= 0.3 is 5.97 Å². The van der Waals surface area contributed by atoms with Gasteiger partial charge in [-0.1, -0.05) is 42.0 Å². The van der Waals surface area contributed by atoms with Crippen LogP contribution in [0, 0.1) is 12.7 Å². The van der Waals surface area contributed by atoms with Gasteiger partial charge in [0.2, 0.25) is 0 Å². The van der Waals surface area contributed by atoms with Crippen LogP contribution in [-0.4, -0.2) is 25.0 Å². The summed E-state index contributed by atoms with van der Waals surface area (Å²) in [5, 5.41) is 2.66. The first-order chi connectivity index (χ1) is 11.5. The second-order valence-corrected chi connectivity index (χ2v) is 5.55. The minimum Gasteiger partial charge on any atom is -0.455 e. The standard InChI is InChI=1S/C19H20FNO3/c1-14-2-4-16(5-3-14)12-19(23)24-13-18(22)21-11-10-15-6-8-17(20)9-7-15/h2-9H,10-13H2,1H3,(H,21,22). The van der Waals surface area contributed by atoms with E-state index in [1.165, 1.54) is 12.1 Å². The van der Waals surface area contributed by atoms with Crippen LogP contribution in [0.3, 0.4) is 0 Å². The zero-order valence-corrected chi connectivity index (χ0v) is 13.5. The van der Waals surface area contributed by atoms with Crippen LogP contribution in [0.25, 0.3) is 0 Å². The molecule has 0 unspecified atom stereocenters. The van der Waals surface area contributed by atoms with Gasteiger partial charge in [-0.05, 0) is 36.6 Å². The first-order valence-corrected chi connectivity index (χ1v) is 7.75. The highest BCUT2D eigenvalue weighted by Gasteiger charge is 2.08. The van der Waals surface area contributed by atoms with Crippen LogP contribution in [0.4, 0.5) is 4.39 Å². The molecule has 0 fully saturated rings. The molecular formula is C19H20FNO3. The summed E-state index contributed by atoms with van der Waals surface area (Å²) in [6, 6.07) is 13.7. The van der Waals surface area contributed by atoms with Gasteiger partial charge in [-0.15, -0.1) is 0 Å². The average molecular weight is 329 g/mol. The lowest BCUT2D eigenvalue weighted by Gasteiger charge is -2.07. The molecule has 0 aliphatic rings. The Morgan fingerprint density at radius 1 is 1.00 bits per heavy atom. The number of amides is 1. The molecule has 0 radical (unpaired) electrons. The summed E-state index contributed by atoms with van der Waals surface area (Å²) in [6.07, 6.45) is 0.729. The smallest absolute Gasteiger partial charge is 0.310 e. The molecule has 0 atom stereocenters. The zero-order valence-electron chi connectivity index (χ0n) is 13.5. The van der Waals surface area contributed by atoms with E-state index >= 15 is 0 Å². The van der Waals surface area contributed by atoms with Gasteiger partial charge in [0.05, 0.1) is 6.42 Å². The second-order valence-electron chi connectivity index (χ2n) is 5.55. The van der Waals surface area contributed by atoms with Gasteiger partial charge in [0, 0.05) is 6.54 Å². The van der Waals surface area contributed by atoms with Gasteiger partial charge in [0.15, 0.2) is 6.61 Å². The molecule has 0 aromatic heterocycles. The van der Waals surface area contributed by atoms with Crippen LogP contribution in [0.5, 0.6) is 0 Å². The molecule has 2 rings (SSSR count). The summed E-state index contributed by atoms with van der Waals surface area (Å²) >= 11 is 0. The second kappa shape index (κ2) is 8.82. The fourth-order valence-electron chi connectivity index (χ4n) is 2.12. The largest absolute Gasteiger partial charge is 0.455 e. The lowest BCUT2D eigenvalue weighted by atomic mass is 10.1. The number of nitrogens with one attached hydrogen (secondary N) is 1. The van der Waals surface area contributed by atoms with Crippen molar-refractivity contribution in [2.24, 2.45) is 0 Å². The van der Waals surface area contributed by atoms with Gasteiger partial charge < -0.3 is 10.1 Å². The van der Waals surface area contributed by atoms with E-state index in [2.05, 4.69) is 5.32 Å². The van der Waals surface area contributed by atoms with Crippen molar-refractivity contribution in [3.8, 4) is 0 Å². The van der Waals surface area contributed by atoms with Crippen LogP contribution in [-0.2, 0) is 27.2 Å². The van der Waals surface area contributed by atoms with Crippen molar-refractivity contribution in [2.45, 2.75) is 19.8 Å². The first kappa shape index (κ1) is 17.7. The molecule has 24 heavy (non-hydrogen) atoms. The summed E-state index contributed by atoms with van der Waals surface area (Å²) in [7, 11) is 0. The molecule has 5 heteroatoms. The van der Waals surface area contributed by atoms with Gasteiger partial charge in [-0.2, -0.15) is 0 Å². The lowest BCUT2D eigenvalue weighted by molar-refractivity contribution is -0.147. The van der Waals surface area contributed by atoms with Crippen LogP contribution in [0.2, 0.25) is 0 Å². The Bertz CT molecular complexity index is 681. The van der Waals surface area contributed by atoms with Gasteiger partial charge in [0.1, 0.15) is 5.82 Å². The number of rotatable bonds is 7. The number of esters is 1. The van der Waals surface area contributed by atoms with Crippen LogP contribution >= 0.6 is 0 Å². The average Bonchev–Trinajstić information content (AvgIpc) is 2.57. The van der Waals surface area contributed by atoms with Crippen molar-refractivity contribution in [1.29, 1.82) is 0 Å². The van der Waals surface area contributed by atoms with E-state index in [1.807, 2.05) is 31.2 Å². The molecular weight excluding hydrogens is 309 g/mol. The normalized spacial score (nSPS) is 10.2. The third kappa shape index (κ3) is 6.20. The van der Waals surface area contributed by atoms with Crippen molar-refractivity contribution >= 4 is 11.9 Å². The van der Waals surface area contributed by atoms with Gasteiger partial charge in [-0.3, -0.25) is 9.59 Å². The molecule has 2 aromatic rings. The van der Waals surface area contributed by atoms with E-state index in [0.717, 1.165) is 16.7 Å². The number of halogens is 1. The number of aryl methyl sites for hydroxylation is 1. The highest BCUT2D eigenvalue weighted by molar-refractivity contribution is 5.81. The van der Waals surface area contributed by atoms with Gasteiger partial charge in [0.25, 0.3) is 5.91 Å². The van der Waals surface area contributed by atoms with Crippen molar-refractivity contribution in [3.05, 3.63) is 71.0 Å². The molecule has 0 heterocycles. The van der Waals surface area contributed by atoms with Crippen molar-refractivity contribution in [3.63, 3.8) is 0 Å². The molecule has 1 amide bonds. The van der Waals surface area contributed by atoms with E-state index in [-0.39, 0.29) is 24.8 Å². The van der Waals surface area contributed by atoms with E-state index < -0.39 is 5.97 Å². The quantitative estimate of drug-likeness (QED) is 0.795. The number of benzene rings is 2. The lowest BCUT2D eigenvalue weighted by Crippen LogP contribution is -2.30. The maximum absolute atomic E-state index is 12.8. The highest BCUT2D eigenvalue weighted by Crippen LogP contribution is 2.05.